The smallest absolute Gasteiger partial charge is 0.166 e. The molecule has 0 amide bonds. The zero-order chi connectivity index (χ0) is 19.5. The van der Waals surface area contributed by atoms with Crippen molar-refractivity contribution in [2.45, 2.75) is 88.8 Å². The predicted octanol–water partition coefficient (Wildman–Crippen LogP) is 0.377. The van der Waals surface area contributed by atoms with E-state index in [0.717, 1.165) is 0 Å². The molecule has 2 bridgehead atoms. The average molecular weight is 368 g/mol. The largest absolute Gasteiger partial charge is 0.392 e. The van der Waals surface area contributed by atoms with Gasteiger partial charge in [-0.1, -0.05) is 13.8 Å². The van der Waals surface area contributed by atoms with Crippen molar-refractivity contribution in [1.82, 2.24) is 0 Å². The maximum Gasteiger partial charge on any atom is 0.166 e. The zero-order valence-corrected chi connectivity index (χ0v) is 16.1. The maximum atomic E-state index is 13.4. The van der Waals surface area contributed by atoms with Crippen molar-refractivity contribution in [3.05, 3.63) is 0 Å². The molecule has 0 radical (unpaired) electrons. The van der Waals surface area contributed by atoms with Gasteiger partial charge in [-0.2, -0.15) is 0 Å². The summed E-state index contributed by atoms with van der Waals surface area (Å²) in [6.07, 6.45) is -0.319. The Balaban J connectivity index is 1.91. The Labute approximate surface area is 154 Å². The third-order valence-corrected chi connectivity index (χ3v) is 9.02. The second-order valence-electron chi connectivity index (χ2n) is 10.6. The lowest BCUT2D eigenvalue weighted by molar-refractivity contribution is -0.181. The van der Waals surface area contributed by atoms with Gasteiger partial charge < -0.3 is 25.5 Å². The van der Waals surface area contributed by atoms with E-state index < -0.39 is 57.5 Å². The Hall–Kier alpha value is -0.530. The molecule has 4 saturated carbocycles. The monoisotopic (exact) mass is 368 g/mol. The average Bonchev–Trinajstić information content (AvgIpc) is 2.72. The molecule has 0 heterocycles. The van der Waals surface area contributed by atoms with E-state index in [9.17, 15) is 30.3 Å². The Morgan fingerprint density at radius 3 is 2.19 bits per heavy atom. The molecule has 0 aliphatic heterocycles. The third-order valence-electron chi connectivity index (χ3n) is 9.02. The highest BCUT2D eigenvalue weighted by atomic mass is 16.3. The van der Waals surface area contributed by atoms with Gasteiger partial charge in [-0.3, -0.25) is 4.79 Å². The molecule has 0 aromatic carbocycles. The van der Waals surface area contributed by atoms with Gasteiger partial charge in [-0.05, 0) is 45.4 Å². The molecule has 0 aromatic heterocycles. The van der Waals surface area contributed by atoms with Crippen LogP contribution in [0.5, 0.6) is 0 Å². The molecular formula is C20H32O6. The van der Waals surface area contributed by atoms with E-state index in [1.165, 1.54) is 0 Å². The normalized spacial score (nSPS) is 61.1. The van der Waals surface area contributed by atoms with Crippen LogP contribution in [0.1, 0.15) is 59.8 Å². The maximum absolute atomic E-state index is 13.4. The zero-order valence-electron chi connectivity index (χ0n) is 16.1. The number of hydrogen-bond acceptors (Lipinski definition) is 6. The number of carbonyl (C=O) groups is 1. The number of hydrogen-bond donors (Lipinski definition) is 5. The lowest BCUT2D eigenvalue weighted by Gasteiger charge is -2.51. The molecule has 0 saturated heterocycles. The van der Waals surface area contributed by atoms with Gasteiger partial charge in [0.25, 0.3) is 0 Å². The van der Waals surface area contributed by atoms with E-state index in [1.54, 1.807) is 27.7 Å². The minimum absolute atomic E-state index is 0.0786. The van der Waals surface area contributed by atoms with Gasteiger partial charge in [0.2, 0.25) is 0 Å². The number of ketones is 1. The minimum atomic E-state index is -1.86. The third kappa shape index (κ3) is 1.83. The molecule has 0 aromatic rings. The van der Waals surface area contributed by atoms with Crippen molar-refractivity contribution in [3.8, 4) is 0 Å². The van der Waals surface area contributed by atoms with Crippen LogP contribution in [0.15, 0.2) is 0 Å². The summed E-state index contributed by atoms with van der Waals surface area (Å²) in [5.41, 5.74) is -6.40. The number of carbonyl (C=O) groups excluding carboxylic acids is 1. The van der Waals surface area contributed by atoms with Crippen molar-refractivity contribution in [2.75, 3.05) is 0 Å². The van der Waals surface area contributed by atoms with Crippen LogP contribution in [0, 0.1) is 28.6 Å². The highest BCUT2D eigenvalue weighted by Crippen LogP contribution is 2.68. The standard InChI is InChI=1S/C20H32O6/c1-16(2)13(21)7-12-18(4,25)11-6-5-10-15(23)19(11,9-17(10,3)24)8-14(22)20(12,16)26/h10-13,15,21,23-26H,5-9H2,1-4H3/t10?,11-,12-,13-,15-,17+,18+,19?,20-/m0/s1. The number of aliphatic hydroxyl groups excluding tert-OH is 2. The summed E-state index contributed by atoms with van der Waals surface area (Å²) in [5.74, 6) is -1.97. The van der Waals surface area contributed by atoms with Crippen LogP contribution in [0.4, 0.5) is 0 Å². The van der Waals surface area contributed by atoms with E-state index >= 15 is 0 Å². The first kappa shape index (κ1) is 18.8. The summed E-state index contributed by atoms with van der Waals surface area (Å²) in [4.78, 5) is 13.4. The summed E-state index contributed by atoms with van der Waals surface area (Å²) >= 11 is 0. The van der Waals surface area contributed by atoms with Crippen LogP contribution in [-0.4, -0.2) is 60.3 Å². The number of Topliss-reactive ketones (excluding diaryl/α,β-unsaturated/α-hetero) is 1. The fourth-order valence-electron chi connectivity index (χ4n) is 7.52. The molecule has 4 aliphatic rings. The fraction of sp³-hybridized carbons (Fsp3) is 0.950. The van der Waals surface area contributed by atoms with Crippen molar-refractivity contribution in [3.63, 3.8) is 0 Å². The van der Waals surface area contributed by atoms with Crippen LogP contribution < -0.4 is 0 Å². The van der Waals surface area contributed by atoms with Crippen molar-refractivity contribution in [1.29, 1.82) is 0 Å². The molecule has 4 aliphatic carbocycles. The summed E-state index contributed by atoms with van der Waals surface area (Å²) in [6.45, 7) is 6.68. The molecular weight excluding hydrogens is 336 g/mol. The van der Waals surface area contributed by atoms with Crippen LogP contribution in [0.2, 0.25) is 0 Å². The Morgan fingerprint density at radius 2 is 1.58 bits per heavy atom. The van der Waals surface area contributed by atoms with E-state index in [-0.39, 0.29) is 25.2 Å². The Kier molecular flexibility index (Phi) is 3.54. The van der Waals surface area contributed by atoms with Gasteiger partial charge in [-0.15, -0.1) is 0 Å². The molecule has 6 nitrogen and oxygen atoms in total. The topological polar surface area (TPSA) is 118 Å². The molecule has 26 heavy (non-hydrogen) atoms. The predicted molar refractivity (Wildman–Crippen MR) is 93.0 cm³/mol. The number of fused-ring (bicyclic) bond motifs is 2. The van der Waals surface area contributed by atoms with Crippen LogP contribution >= 0.6 is 0 Å². The molecule has 1 spiro atoms. The fourth-order valence-corrected chi connectivity index (χ4v) is 7.52. The van der Waals surface area contributed by atoms with Crippen molar-refractivity contribution < 1.29 is 30.3 Å². The molecule has 9 atom stereocenters. The molecule has 4 rings (SSSR count). The minimum Gasteiger partial charge on any atom is -0.392 e. The van der Waals surface area contributed by atoms with Crippen LogP contribution in [-0.2, 0) is 4.79 Å². The molecule has 4 fully saturated rings. The first-order chi connectivity index (χ1) is 11.7. The summed E-state index contributed by atoms with van der Waals surface area (Å²) < 4.78 is 0. The quantitative estimate of drug-likeness (QED) is 0.422. The SMILES string of the molecule is CC1(C)[C@@H](O)C[C@H]2[C@](C)(O)[C@@H]3CCC4[C@H](O)C3(CC(=O)[C@@]21O)C[C@@]4(C)O. The number of rotatable bonds is 0. The van der Waals surface area contributed by atoms with Gasteiger partial charge in [-0.25, -0.2) is 0 Å². The second kappa shape index (κ2) is 4.90. The first-order valence-electron chi connectivity index (χ1n) is 9.79. The summed E-state index contributed by atoms with van der Waals surface area (Å²) in [7, 11) is 0. The lowest BCUT2D eigenvalue weighted by atomic mass is 9.57. The van der Waals surface area contributed by atoms with Crippen molar-refractivity contribution >= 4 is 5.78 Å². The summed E-state index contributed by atoms with van der Waals surface area (Å²) in [5, 5.41) is 55.7. The van der Waals surface area contributed by atoms with Crippen LogP contribution in [0.3, 0.4) is 0 Å². The highest BCUT2D eigenvalue weighted by Gasteiger charge is 2.76. The molecule has 2 unspecified atom stereocenters. The first-order valence-corrected chi connectivity index (χ1v) is 9.79. The Morgan fingerprint density at radius 1 is 0.962 bits per heavy atom. The van der Waals surface area contributed by atoms with E-state index in [1.807, 2.05) is 0 Å². The van der Waals surface area contributed by atoms with Gasteiger partial charge >= 0.3 is 0 Å². The lowest BCUT2D eigenvalue weighted by Crippen LogP contribution is -2.59. The highest BCUT2D eigenvalue weighted by molar-refractivity contribution is 5.90. The Bertz CT molecular complexity index is 655. The van der Waals surface area contributed by atoms with Gasteiger partial charge in [0.15, 0.2) is 5.78 Å². The number of aliphatic hydroxyl groups is 5. The van der Waals surface area contributed by atoms with Crippen molar-refractivity contribution in [2.24, 2.45) is 28.6 Å². The van der Waals surface area contributed by atoms with Gasteiger partial charge in [0.05, 0.1) is 23.4 Å². The van der Waals surface area contributed by atoms with E-state index in [0.29, 0.717) is 12.8 Å². The van der Waals surface area contributed by atoms with Gasteiger partial charge in [0, 0.05) is 29.1 Å². The van der Waals surface area contributed by atoms with E-state index in [4.69, 9.17) is 0 Å². The van der Waals surface area contributed by atoms with Crippen LogP contribution in [0.25, 0.3) is 0 Å². The van der Waals surface area contributed by atoms with Gasteiger partial charge in [0.1, 0.15) is 5.60 Å². The molecule has 6 heteroatoms. The molecule has 5 N–H and O–H groups in total. The molecule has 148 valence electrons. The van der Waals surface area contributed by atoms with E-state index in [2.05, 4.69) is 0 Å². The summed E-state index contributed by atoms with van der Waals surface area (Å²) in [6, 6.07) is 0. The second-order valence-corrected chi connectivity index (χ2v) is 10.6.